The Morgan fingerprint density at radius 2 is 1.97 bits per heavy atom. The zero-order valence-corrected chi connectivity index (χ0v) is 18.8. The molecule has 7 heteroatoms. The molecule has 0 bridgehead atoms. The van der Waals surface area contributed by atoms with Crippen LogP contribution in [0.25, 0.3) is 11.5 Å². The summed E-state index contributed by atoms with van der Waals surface area (Å²) in [5, 5.41) is 12.3. The molecule has 0 unspecified atom stereocenters. The molecule has 6 nitrogen and oxygen atoms in total. The summed E-state index contributed by atoms with van der Waals surface area (Å²) >= 11 is 5.97. The fourth-order valence-electron chi connectivity index (χ4n) is 3.98. The summed E-state index contributed by atoms with van der Waals surface area (Å²) in [6, 6.07) is 15.7. The van der Waals surface area contributed by atoms with Gasteiger partial charge in [0.05, 0.1) is 12.5 Å². The number of aromatic nitrogens is 2. The van der Waals surface area contributed by atoms with Crippen molar-refractivity contribution in [2.24, 2.45) is 0 Å². The second-order valence-corrected chi connectivity index (χ2v) is 8.59. The van der Waals surface area contributed by atoms with Crippen molar-refractivity contribution in [1.29, 1.82) is 0 Å². The van der Waals surface area contributed by atoms with E-state index in [9.17, 15) is 4.79 Å². The second kappa shape index (κ2) is 9.10. The third-order valence-corrected chi connectivity index (χ3v) is 6.16. The molecule has 2 aromatic carbocycles. The average molecular weight is 439 g/mol. The van der Waals surface area contributed by atoms with Crippen LogP contribution in [0.1, 0.15) is 51.0 Å². The van der Waals surface area contributed by atoms with Gasteiger partial charge in [0, 0.05) is 28.4 Å². The molecule has 1 amide bonds. The predicted octanol–water partition coefficient (Wildman–Crippen LogP) is 5.19. The van der Waals surface area contributed by atoms with Crippen molar-refractivity contribution >= 4 is 23.2 Å². The Bertz CT molecular complexity index is 1050. The average Bonchev–Trinajstić information content (AvgIpc) is 3.24. The molecule has 0 spiro atoms. The highest BCUT2D eigenvalue weighted by atomic mass is 35.5. The fourth-order valence-corrected chi connectivity index (χ4v) is 4.11. The molecule has 1 aliphatic rings. The Morgan fingerprint density at radius 1 is 1.23 bits per heavy atom. The lowest BCUT2D eigenvalue weighted by molar-refractivity contribution is -0.123. The van der Waals surface area contributed by atoms with Crippen molar-refractivity contribution in [1.82, 2.24) is 15.5 Å². The van der Waals surface area contributed by atoms with E-state index in [1.54, 1.807) is 12.1 Å². The summed E-state index contributed by atoms with van der Waals surface area (Å²) in [4.78, 5) is 15.2. The topological polar surface area (TPSA) is 71.3 Å². The molecule has 3 atom stereocenters. The Labute approximate surface area is 187 Å². The normalized spacial score (nSPS) is 19.0. The molecule has 1 aromatic heterocycles. The maximum atomic E-state index is 12.9. The number of amides is 1. The number of halogens is 1. The molecule has 2 heterocycles. The van der Waals surface area contributed by atoms with Crippen LogP contribution in [0.15, 0.2) is 52.9 Å². The molecule has 0 fully saturated rings. The molecule has 4 rings (SSSR count). The highest BCUT2D eigenvalue weighted by molar-refractivity contribution is 6.30. The molecule has 1 N–H and O–H groups in total. The minimum absolute atomic E-state index is 0.0936. The van der Waals surface area contributed by atoms with Crippen molar-refractivity contribution in [2.75, 3.05) is 4.90 Å². The molecule has 3 aromatic rings. The van der Waals surface area contributed by atoms with Crippen LogP contribution in [0.2, 0.25) is 5.02 Å². The van der Waals surface area contributed by atoms with Crippen molar-refractivity contribution in [3.63, 3.8) is 0 Å². The molecule has 162 valence electrons. The van der Waals surface area contributed by atoms with Crippen molar-refractivity contribution < 1.29 is 9.21 Å². The van der Waals surface area contributed by atoms with Gasteiger partial charge in [0.15, 0.2) is 0 Å². The second-order valence-electron chi connectivity index (χ2n) is 8.15. The van der Waals surface area contributed by atoms with E-state index in [-0.39, 0.29) is 23.9 Å². The van der Waals surface area contributed by atoms with Gasteiger partial charge in [0.25, 0.3) is 0 Å². The van der Waals surface area contributed by atoms with Crippen LogP contribution < -0.4 is 10.2 Å². The van der Waals surface area contributed by atoms with E-state index in [1.807, 2.05) is 37.3 Å². The summed E-state index contributed by atoms with van der Waals surface area (Å²) in [6.45, 7) is 6.73. The monoisotopic (exact) mass is 438 g/mol. The molecule has 31 heavy (non-hydrogen) atoms. The Kier molecular flexibility index (Phi) is 6.28. The molecular weight excluding hydrogens is 412 g/mol. The number of nitrogens with one attached hydrogen (secondary N) is 1. The van der Waals surface area contributed by atoms with Crippen LogP contribution in [-0.4, -0.2) is 28.2 Å². The molecule has 0 saturated carbocycles. The highest BCUT2D eigenvalue weighted by Crippen LogP contribution is 2.39. The number of nitrogens with zero attached hydrogens (tertiary/aromatic N) is 3. The number of benzene rings is 2. The van der Waals surface area contributed by atoms with Gasteiger partial charge in [-0.25, -0.2) is 0 Å². The van der Waals surface area contributed by atoms with Gasteiger partial charge in [-0.3, -0.25) is 4.79 Å². The largest absolute Gasteiger partial charge is 0.419 e. The first-order valence-electron chi connectivity index (χ1n) is 10.7. The van der Waals surface area contributed by atoms with E-state index < -0.39 is 0 Å². The zero-order valence-electron chi connectivity index (χ0n) is 18.0. The molecule has 0 radical (unpaired) electrons. The lowest BCUT2D eigenvalue weighted by Crippen LogP contribution is -2.44. The first-order valence-corrected chi connectivity index (χ1v) is 11.1. The minimum atomic E-state index is -0.163. The number of carbonyl (C=O) groups excluding carboxylic acids is 1. The Morgan fingerprint density at radius 3 is 2.71 bits per heavy atom. The summed E-state index contributed by atoms with van der Waals surface area (Å²) in [7, 11) is 0. The van der Waals surface area contributed by atoms with Gasteiger partial charge >= 0.3 is 0 Å². The summed E-state index contributed by atoms with van der Waals surface area (Å²) in [6.07, 6.45) is 1.65. The quantitative estimate of drug-likeness (QED) is 0.573. The van der Waals surface area contributed by atoms with E-state index >= 15 is 0 Å². The van der Waals surface area contributed by atoms with Gasteiger partial charge in [0.2, 0.25) is 17.7 Å². The number of hydrogen-bond acceptors (Lipinski definition) is 5. The third-order valence-electron chi connectivity index (χ3n) is 5.91. The van der Waals surface area contributed by atoms with E-state index in [4.69, 9.17) is 16.0 Å². The van der Waals surface area contributed by atoms with Crippen LogP contribution in [0.5, 0.6) is 0 Å². The first kappa shape index (κ1) is 21.4. The number of rotatable bonds is 6. The molecule has 1 aliphatic heterocycles. The van der Waals surface area contributed by atoms with E-state index in [0.29, 0.717) is 23.3 Å². The Balaban J connectivity index is 1.57. The lowest BCUT2D eigenvalue weighted by atomic mass is 9.85. The van der Waals surface area contributed by atoms with Gasteiger partial charge in [-0.15, -0.1) is 10.2 Å². The van der Waals surface area contributed by atoms with E-state index in [2.05, 4.69) is 40.3 Å². The standard InChI is InChI=1S/C24H27ClN4O2/c1-4-15(2)26-23(30)20-13-16(3)29(21-8-6-5-7-19(20)21)14-22-27-28-24(31-22)17-9-11-18(25)12-10-17/h5-12,15-16,20H,4,13-14H2,1-3H3,(H,26,30)/t15-,16-,20-/m0/s1. The number of para-hydroxylation sites is 1. The van der Waals surface area contributed by atoms with Crippen molar-refractivity contribution in [3.05, 3.63) is 65.0 Å². The van der Waals surface area contributed by atoms with Crippen molar-refractivity contribution in [3.8, 4) is 11.5 Å². The van der Waals surface area contributed by atoms with E-state index in [1.165, 1.54) is 0 Å². The maximum absolute atomic E-state index is 12.9. The third kappa shape index (κ3) is 4.59. The van der Waals surface area contributed by atoms with Crippen LogP contribution in [0.4, 0.5) is 5.69 Å². The number of fused-ring (bicyclic) bond motifs is 1. The molecular formula is C24H27ClN4O2. The fraction of sp³-hybridized carbons (Fsp3) is 0.375. The number of hydrogen-bond donors (Lipinski definition) is 1. The summed E-state index contributed by atoms with van der Waals surface area (Å²) in [5.41, 5.74) is 2.91. The zero-order chi connectivity index (χ0) is 22.0. The Hall–Kier alpha value is -2.86. The van der Waals surface area contributed by atoms with Crippen LogP contribution in [-0.2, 0) is 11.3 Å². The van der Waals surface area contributed by atoms with Gasteiger partial charge < -0.3 is 14.6 Å². The molecule has 0 saturated heterocycles. The smallest absolute Gasteiger partial charge is 0.247 e. The summed E-state index contributed by atoms with van der Waals surface area (Å²) < 4.78 is 5.93. The SMILES string of the molecule is CC[C@H](C)NC(=O)[C@H]1C[C@H](C)N(Cc2nnc(-c3ccc(Cl)cc3)o2)c2ccccc21. The maximum Gasteiger partial charge on any atom is 0.247 e. The predicted molar refractivity (Wildman–Crippen MR) is 122 cm³/mol. The van der Waals surface area contributed by atoms with Crippen molar-refractivity contribution in [2.45, 2.75) is 58.2 Å². The molecule has 0 aliphatic carbocycles. The number of carbonyl (C=O) groups is 1. The van der Waals surface area contributed by atoms with Crippen LogP contribution in [0, 0.1) is 0 Å². The van der Waals surface area contributed by atoms with Gasteiger partial charge in [-0.05, 0) is 62.6 Å². The first-order chi connectivity index (χ1) is 15.0. The van der Waals surface area contributed by atoms with Gasteiger partial charge in [-0.1, -0.05) is 36.7 Å². The lowest BCUT2D eigenvalue weighted by Gasteiger charge is -2.39. The van der Waals surface area contributed by atoms with E-state index in [0.717, 1.165) is 29.7 Å². The van der Waals surface area contributed by atoms with Crippen LogP contribution >= 0.6 is 11.6 Å². The van der Waals surface area contributed by atoms with Gasteiger partial charge in [-0.2, -0.15) is 0 Å². The number of anilines is 1. The highest BCUT2D eigenvalue weighted by Gasteiger charge is 2.35. The summed E-state index contributed by atoms with van der Waals surface area (Å²) in [5.74, 6) is 0.935. The van der Waals surface area contributed by atoms with Crippen LogP contribution in [0.3, 0.4) is 0 Å². The van der Waals surface area contributed by atoms with Gasteiger partial charge in [0.1, 0.15) is 0 Å². The minimum Gasteiger partial charge on any atom is -0.419 e.